The summed E-state index contributed by atoms with van der Waals surface area (Å²) in [6, 6.07) is 21.4. The summed E-state index contributed by atoms with van der Waals surface area (Å²) < 4.78 is 0. The molecular formula is C20H25. The van der Waals surface area contributed by atoms with Gasteiger partial charge in [0.25, 0.3) is 0 Å². The molecule has 0 aromatic heterocycles. The Morgan fingerprint density at radius 2 is 0.950 bits per heavy atom. The molecule has 0 aliphatic carbocycles. The quantitative estimate of drug-likeness (QED) is 0.695. The fourth-order valence-electron chi connectivity index (χ4n) is 3.04. The molecule has 0 atom stereocenters. The van der Waals surface area contributed by atoms with Gasteiger partial charge in [-0.2, -0.15) is 0 Å². The Balaban J connectivity index is 2.37. The molecule has 105 valence electrons. The first kappa shape index (κ1) is 14.8. The van der Waals surface area contributed by atoms with Crippen LogP contribution in [-0.2, 0) is 10.8 Å². The largest absolute Gasteiger partial charge is 0.0622 e. The van der Waals surface area contributed by atoms with E-state index < -0.39 is 0 Å². The van der Waals surface area contributed by atoms with E-state index in [2.05, 4.69) is 95.3 Å². The predicted octanol–water partition coefficient (Wildman–Crippen LogP) is 5.39. The molecule has 0 saturated heterocycles. The third-order valence-corrected chi connectivity index (χ3v) is 4.78. The van der Waals surface area contributed by atoms with E-state index >= 15 is 0 Å². The molecule has 0 aliphatic rings. The van der Waals surface area contributed by atoms with Crippen LogP contribution < -0.4 is 0 Å². The predicted molar refractivity (Wildman–Crippen MR) is 87.8 cm³/mol. The highest BCUT2D eigenvalue weighted by atomic mass is 14.4. The molecule has 0 bridgehead atoms. The molecule has 0 unspecified atom stereocenters. The molecule has 0 fully saturated rings. The molecule has 0 heteroatoms. The van der Waals surface area contributed by atoms with Gasteiger partial charge in [-0.1, -0.05) is 88.4 Å². The molecule has 0 amide bonds. The summed E-state index contributed by atoms with van der Waals surface area (Å²) in [5.74, 6) is 0.278. The van der Waals surface area contributed by atoms with Crippen LogP contribution in [0.25, 0.3) is 0 Å². The summed E-state index contributed by atoms with van der Waals surface area (Å²) in [5, 5.41) is 0. The molecule has 0 spiro atoms. The van der Waals surface area contributed by atoms with Gasteiger partial charge in [-0.05, 0) is 34.8 Å². The summed E-state index contributed by atoms with van der Waals surface area (Å²) in [7, 11) is 0. The highest BCUT2D eigenvalue weighted by Gasteiger charge is 2.39. The van der Waals surface area contributed by atoms with Crippen LogP contribution in [0, 0.1) is 12.8 Å². The first-order chi connectivity index (χ1) is 9.37. The Hall–Kier alpha value is -1.56. The molecule has 0 nitrogen and oxygen atoms in total. The summed E-state index contributed by atoms with van der Waals surface area (Å²) >= 11 is 0. The van der Waals surface area contributed by atoms with E-state index in [0.29, 0.717) is 0 Å². The number of benzene rings is 2. The van der Waals surface area contributed by atoms with Gasteiger partial charge in [0.15, 0.2) is 0 Å². The smallest absolute Gasteiger partial charge is 0.00670 e. The van der Waals surface area contributed by atoms with Crippen LogP contribution in [0.2, 0.25) is 0 Å². The van der Waals surface area contributed by atoms with Crippen molar-refractivity contribution in [3.63, 3.8) is 0 Å². The topological polar surface area (TPSA) is 0 Å². The van der Waals surface area contributed by atoms with Crippen molar-refractivity contribution in [3.05, 3.63) is 78.7 Å². The molecule has 2 aromatic rings. The Kier molecular flexibility index (Phi) is 4.04. The van der Waals surface area contributed by atoms with Gasteiger partial charge in [-0.3, -0.25) is 0 Å². The maximum absolute atomic E-state index is 4.53. The fourth-order valence-corrected chi connectivity index (χ4v) is 3.04. The van der Waals surface area contributed by atoms with E-state index in [1.165, 1.54) is 11.1 Å². The molecule has 0 heterocycles. The third-order valence-electron chi connectivity index (χ3n) is 4.78. The second kappa shape index (κ2) is 5.44. The minimum atomic E-state index is 0.0284. The SMILES string of the molecule is [CH2]C(C(C)(C)c1ccccc1)C(C)(C)c1ccccc1. The van der Waals surface area contributed by atoms with Crippen molar-refractivity contribution >= 4 is 0 Å². The normalized spacial score (nSPS) is 12.7. The lowest BCUT2D eigenvalue weighted by atomic mass is 9.61. The van der Waals surface area contributed by atoms with E-state index in [1.807, 2.05) is 0 Å². The Morgan fingerprint density at radius 3 is 1.25 bits per heavy atom. The van der Waals surface area contributed by atoms with Crippen molar-refractivity contribution in [1.29, 1.82) is 0 Å². The van der Waals surface area contributed by atoms with Crippen molar-refractivity contribution in [1.82, 2.24) is 0 Å². The second-order valence-corrected chi connectivity index (χ2v) is 6.73. The first-order valence-electron chi connectivity index (χ1n) is 7.31. The molecule has 0 saturated carbocycles. The average molecular weight is 265 g/mol. The highest BCUT2D eigenvalue weighted by molar-refractivity contribution is 5.31. The van der Waals surface area contributed by atoms with Gasteiger partial charge in [0.1, 0.15) is 0 Å². The lowest BCUT2D eigenvalue weighted by Crippen LogP contribution is -2.40. The van der Waals surface area contributed by atoms with Crippen molar-refractivity contribution < 1.29 is 0 Å². The Bertz CT molecular complexity index is 483. The van der Waals surface area contributed by atoms with E-state index in [-0.39, 0.29) is 16.7 Å². The van der Waals surface area contributed by atoms with Crippen LogP contribution in [0.5, 0.6) is 0 Å². The zero-order valence-electron chi connectivity index (χ0n) is 13.1. The van der Waals surface area contributed by atoms with Gasteiger partial charge >= 0.3 is 0 Å². The van der Waals surface area contributed by atoms with Crippen molar-refractivity contribution in [2.45, 2.75) is 38.5 Å². The van der Waals surface area contributed by atoms with Crippen LogP contribution in [0.3, 0.4) is 0 Å². The van der Waals surface area contributed by atoms with Crippen LogP contribution in [0.15, 0.2) is 60.7 Å². The third kappa shape index (κ3) is 2.65. The zero-order valence-corrected chi connectivity index (χ0v) is 13.1. The standard InChI is InChI=1S/C20H25/c1-16(19(2,3)17-12-8-6-9-13-17)20(4,5)18-14-10-7-11-15-18/h6-16H,1H2,2-5H3. The van der Waals surface area contributed by atoms with Gasteiger partial charge < -0.3 is 0 Å². The second-order valence-electron chi connectivity index (χ2n) is 6.73. The lowest BCUT2D eigenvalue weighted by molar-refractivity contribution is 0.251. The van der Waals surface area contributed by atoms with E-state index in [9.17, 15) is 0 Å². The van der Waals surface area contributed by atoms with Gasteiger partial charge in [-0.15, -0.1) is 0 Å². The van der Waals surface area contributed by atoms with E-state index in [4.69, 9.17) is 0 Å². The molecule has 2 aromatic carbocycles. The molecule has 2 rings (SSSR count). The van der Waals surface area contributed by atoms with Crippen molar-refractivity contribution in [3.8, 4) is 0 Å². The van der Waals surface area contributed by atoms with Crippen molar-refractivity contribution in [2.24, 2.45) is 5.92 Å². The molecule has 1 radical (unpaired) electrons. The number of hydrogen-bond acceptors (Lipinski definition) is 0. The molecule has 20 heavy (non-hydrogen) atoms. The fraction of sp³-hybridized carbons (Fsp3) is 0.350. The number of hydrogen-bond donors (Lipinski definition) is 0. The average Bonchev–Trinajstić information content (AvgIpc) is 2.48. The minimum absolute atomic E-state index is 0.0284. The number of rotatable bonds is 4. The van der Waals surface area contributed by atoms with Gasteiger partial charge in [0, 0.05) is 0 Å². The molecular weight excluding hydrogens is 240 g/mol. The first-order valence-corrected chi connectivity index (χ1v) is 7.31. The maximum Gasteiger partial charge on any atom is -0.00670 e. The maximum atomic E-state index is 4.53. The lowest BCUT2D eigenvalue weighted by Gasteiger charge is -2.43. The van der Waals surface area contributed by atoms with Crippen LogP contribution in [0.1, 0.15) is 38.8 Å². The summed E-state index contributed by atoms with van der Waals surface area (Å²) in [6.07, 6.45) is 0. The summed E-state index contributed by atoms with van der Waals surface area (Å²) in [5.41, 5.74) is 2.76. The zero-order chi connectivity index (χ0) is 14.8. The van der Waals surface area contributed by atoms with E-state index in [1.54, 1.807) is 0 Å². The highest BCUT2D eigenvalue weighted by Crippen LogP contribution is 2.43. The minimum Gasteiger partial charge on any atom is -0.0622 e. The molecule has 0 N–H and O–H groups in total. The van der Waals surface area contributed by atoms with Gasteiger partial charge in [0.05, 0.1) is 0 Å². The van der Waals surface area contributed by atoms with Crippen molar-refractivity contribution in [2.75, 3.05) is 0 Å². The summed E-state index contributed by atoms with van der Waals surface area (Å²) in [6.45, 7) is 13.7. The van der Waals surface area contributed by atoms with Gasteiger partial charge in [-0.25, -0.2) is 0 Å². The summed E-state index contributed by atoms with van der Waals surface area (Å²) in [4.78, 5) is 0. The van der Waals surface area contributed by atoms with E-state index in [0.717, 1.165) is 0 Å². The molecule has 0 aliphatic heterocycles. The van der Waals surface area contributed by atoms with Crippen LogP contribution in [-0.4, -0.2) is 0 Å². The monoisotopic (exact) mass is 265 g/mol. The van der Waals surface area contributed by atoms with Crippen LogP contribution in [0.4, 0.5) is 0 Å². The Morgan fingerprint density at radius 1 is 0.650 bits per heavy atom. The Labute approximate surface area is 123 Å². The van der Waals surface area contributed by atoms with Crippen LogP contribution >= 0.6 is 0 Å². The van der Waals surface area contributed by atoms with Gasteiger partial charge in [0.2, 0.25) is 0 Å².